The summed E-state index contributed by atoms with van der Waals surface area (Å²) in [6.45, 7) is 7.39. The SMILES string of the molecule is CCC(CSC)N(C)CCCC(C)(C)C#N. The Hall–Kier alpha value is -0.200. The highest BCUT2D eigenvalue weighted by Crippen LogP contribution is 2.21. The molecule has 0 fully saturated rings. The van der Waals surface area contributed by atoms with E-state index in [9.17, 15) is 0 Å². The molecule has 0 aromatic rings. The van der Waals surface area contributed by atoms with Crippen LogP contribution < -0.4 is 0 Å². The lowest BCUT2D eigenvalue weighted by Crippen LogP contribution is -2.34. The molecule has 0 aromatic carbocycles. The van der Waals surface area contributed by atoms with Crippen molar-refractivity contribution in [2.75, 3.05) is 25.6 Å². The fourth-order valence-electron chi connectivity index (χ4n) is 1.76. The summed E-state index contributed by atoms with van der Waals surface area (Å²) in [7, 11) is 2.20. The zero-order chi connectivity index (χ0) is 12.6. The van der Waals surface area contributed by atoms with Gasteiger partial charge in [0.15, 0.2) is 0 Å². The van der Waals surface area contributed by atoms with Gasteiger partial charge in [0.05, 0.1) is 11.5 Å². The molecule has 1 unspecified atom stereocenters. The zero-order valence-corrected chi connectivity index (χ0v) is 12.2. The molecular weight excluding hydrogens is 216 g/mol. The third-order valence-electron chi connectivity index (χ3n) is 3.07. The van der Waals surface area contributed by atoms with Crippen molar-refractivity contribution in [3.63, 3.8) is 0 Å². The highest BCUT2D eigenvalue weighted by Gasteiger charge is 2.17. The number of nitriles is 1. The average molecular weight is 242 g/mol. The molecule has 16 heavy (non-hydrogen) atoms. The molecule has 0 N–H and O–H groups in total. The summed E-state index contributed by atoms with van der Waals surface area (Å²) >= 11 is 1.91. The molecule has 0 saturated heterocycles. The Balaban J connectivity index is 3.88. The number of hydrogen-bond donors (Lipinski definition) is 0. The lowest BCUT2D eigenvalue weighted by Gasteiger charge is -2.27. The molecule has 0 saturated carbocycles. The van der Waals surface area contributed by atoms with Crippen LogP contribution in [0.1, 0.15) is 40.0 Å². The van der Waals surface area contributed by atoms with Crippen molar-refractivity contribution in [3.8, 4) is 6.07 Å². The van der Waals surface area contributed by atoms with Gasteiger partial charge in [0.25, 0.3) is 0 Å². The van der Waals surface area contributed by atoms with Crippen LogP contribution >= 0.6 is 11.8 Å². The van der Waals surface area contributed by atoms with E-state index in [1.165, 1.54) is 12.2 Å². The third kappa shape index (κ3) is 6.40. The Kier molecular flexibility index (Phi) is 7.87. The van der Waals surface area contributed by atoms with Crippen LogP contribution in [0, 0.1) is 16.7 Å². The van der Waals surface area contributed by atoms with Crippen LogP contribution in [0.5, 0.6) is 0 Å². The minimum atomic E-state index is -0.165. The molecule has 0 rings (SSSR count). The smallest absolute Gasteiger partial charge is 0.0683 e. The van der Waals surface area contributed by atoms with Crippen LogP contribution in [-0.4, -0.2) is 36.5 Å². The van der Waals surface area contributed by atoms with E-state index in [-0.39, 0.29) is 5.41 Å². The van der Waals surface area contributed by atoms with Gasteiger partial charge in [0, 0.05) is 11.8 Å². The Bertz CT molecular complexity index is 220. The predicted molar refractivity (Wildman–Crippen MR) is 73.7 cm³/mol. The van der Waals surface area contributed by atoms with E-state index < -0.39 is 0 Å². The molecule has 2 nitrogen and oxygen atoms in total. The van der Waals surface area contributed by atoms with Crippen LogP contribution in [0.2, 0.25) is 0 Å². The van der Waals surface area contributed by atoms with Crippen LogP contribution in [0.25, 0.3) is 0 Å². The van der Waals surface area contributed by atoms with Gasteiger partial charge in [-0.15, -0.1) is 0 Å². The first-order valence-corrected chi connectivity index (χ1v) is 7.46. The molecule has 0 radical (unpaired) electrons. The largest absolute Gasteiger partial charge is 0.303 e. The van der Waals surface area contributed by atoms with Crippen molar-refractivity contribution in [1.82, 2.24) is 4.90 Å². The van der Waals surface area contributed by atoms with Crippen molar-refractivity contribution in [2.24, 2.45) is 5.41 Å². The highest BCUT2D eigenvalue weighted by atomic mass is 32.2. The van der Waals surface area contributed by atoms with Gasteiger partial charge in [0.2, 0.25) is 0 Å². The molecular formula is C13H26N2S. The fourth-order valence-corrected chi connectivity index (χ4v) is 2.63. The lowest BCUT2D eigenvalue weighted by molar-refractivity contribution is 0.241. The van der Waals surface area contributed by atoms with Gasteiger partial charge in [-0.05, 0) is 53.0 Å². The topological polar surface area (TPSA) is 27.0 Å². The number of nitrogens with zero attached hydrogens (tertiary/aromatic N) is 2. The fraction of sp³-hybridized carbons (Fsp3) is 0.923. The number of rotatable bonds is 8. The number of hydrogen-bond acceptors (Lipinski definition) is 3. The lowest BCUT2D eigenvalue weighted by atomic mass is 9.90. The third-order valence-corrected chi connectivity index (χ3v) is 3.79. The first-order valence-electron chi connectivity index (χ1n) is 6.07. The summed E-state index contributed by atoms with van der Waals surface area (Å²) < 4.78 is 0. The first-order chi connectivity index (χ1) is 7.46. The second kappa shape index (κ2) is 7.97. The molecule has 3 heteroatoms. The van der Waals surface area contributed by atoms with E-state index in [2.05, 4.69) is 31.2 Å². The van der Waals surface area contributed by atoms with Gasteiger partial charge in [-0.2, -0.15) is 17.0 Å². The summed E-state index contributed by atoms with van der Waals surface area (Å²) in [6.07, 6.45) is 5.47. The normalized spacial score (nSPS) is 13.8. The summed E-state index contributed by atoms with van der Waals surface area (Å²) in [5.41, 5.74) is -0.165. The highest BCUT2D eigenvalue weighted by molar-refractivity contribution is 7.98. The van der Waals surface area contributed by atoms with E-state index in [0.717, 1.165) is 19.4 Å². The molecule has 0 aromatic heterocycles. The van der Waals surface area contributed by atoms with Gasteiger partial charge in [-0.25, -0.2) is 0 Å². The maximum absolute atomic E-state index is 8.93. The maximum atomic E-state index is 8.93. The molecule has 0 amide bonds. The Morgan fingerprint density at radius 1 is 1.44 bits per heavy atom. The monoisotopic (exact) mass is 242 g/mol. The van der Waals surface area contributed by atoms with Crippen molar-refractivity contribution in [3.05, 3.63) is 0 Å². The summed E-state index contributed by atoms with van der Waals surface area (Å²) in [6, 6.07) is 3.04. The molecule has 0 aliphatic heterocycles. The maximum Gasteiger partial charge on any atom is 0.0683 e. The molecule has 1 atom stereocenters. The molecule has 0 aliphatic carbocycles. The van der Waals surface area contributed by atoms with Crippen LogP contribution in [0.15, 0.2) is 0 Å². The molecule has 94 valence electrons. The second-order valence-electron chi connectivity index (χ2n) is 5.10. The Morgan fingerprint density at radius 2 is 2.06 bits per heavy atom. The van der Waals surface area contributed by atoms with E-state index >= 15 is 0 Å². The van der Waals surface area contributed by atoms with E-state index in [1.807, 2.05) is 25.6 Å². The molecule has 0 spiro atoms. The standard InChI is InChI=1S/C13H26N2S/c1-6-12(10-16-5)15(4)9-7-8-13(2,3)11-14/h12H,6-10H2,1-5H3. The quantitative estimate of drug-likeness (QED) is 0.653. The van der Waals surface area contributed by atoms with Crippen LogP contribution in [-0.2, 0) is 0 Å². The molecule has 0 heterocycles. The van der Waals surface area contributed by atoms with E-state index in [0.29, 0.717) is 6.04 Å². The van der Waals surface area contributed by atoms with Crippen LogP contribution in [0.4, 0.5) is 0 Å². The van der Waals surface area contributed by atoms with Gasteiger partial charge in [-0.1, -0.05) is 6.92 Å². The van der Waals surface area contributed by atoms with Gasteiger partial charge >= 0.3 is 0 Å². The Morgan fingerprint density at radius 3 is 2.50 bits per heavy atom. The first kappa shape index (κ1) is 15.8. The van der Waals surface area contributed by atoms with Crippen molar-refractivity contribution >= 4 is 11.8 Å². The van der Waals surface area contributed by atoms with Gasteiger partial charge in [0.1, 0.15) is 0 Å². The van der Waals surface area contributed by atoms with Gasteiger partial charge in [-0.3, -0.25) is 0 Å². The molecule has 0 bridgehead atoms. The van der Waals surface area contributed by atoms with Crippen molar-refractivity contribution in [2.45, 2.75) is 46.1 Å². The van der Waals surface area contributed by atoms with Gasteiger partial charge < -0.3 is 4.90 Å². The van der Waals surface area contributed by atoms with E-state index in [4.69, 9.17) is 5.26 Å². The van der Waals surface area contributed by atoms with Crippen molar-refractivity contribution in [1.29, 1.82) is 5.26 Å². The predicted octanol–water partition coefficient (Wildman–Crippen LogP) is 3.39. The van der Waals surface area contributed by atoms with Crippen molar-refractivity contribution < 1.29 is 0 Å². The van der Waals surface area contributed by atoms with E-state index in [1.54, 1.807) is 0 Å². The second-order valence-corrected chi connectivity index (χ2v) is 6.01. The molecule has 0 aliphatic rings. The zero-order valence-electron chi connectivity index (χ0n) is 11.4. The van der Waals surface area contributed by atoms with Crippen LogP contribution in [0.3, 0.4) is 0 Å². The number of thioether (sulfide) groups is 1. The minimum Gasteiger partial charge on any atom is -0.303 e. The Labute approximate surface area is 105 Å². The summed E-state index contributed by atoms with van der Waals surface area (Å²) in [5.74, 6) is 1.20. The summed E-state index contributed by atoms with van der Waals surface area (Å²) in [5, 5.41) is 8.93. The average Bonchev–Trinajstić information content (AvgIpc) is 2.25. The minimum absolute atomic E-state index is 0.165. The summed E-state index contributed by atoms with van der Waals surface area (Å²) in [4.78, 5) is 2.43.